The third-order valence-corrected chi connectivity index (χ3v) is 5.71. The molecule has 3 N–H and O–H groups in total. The summed E-state index contributed by atoms with van der Waals surface area (Å²) in [4.78, 5) is 17.4. The molecule has 0 unspecified atom stereocenters. The Balaban J connectivity index is 1.78. The minimum atomic E-state index is -0.843. The van der Waals surface area contributed by atoms with Crippen molar-refractivity contribution >= 4 is 11.6 Å². The predicted octanol–water partition coefficient (Wildman–Crippen LogP) is -0.0849. The van der Waals surface area contributed by atoms with E-state index in [2.05, 4.69) is 36.6 Å². The maximum atomic E-state index is 14.0. The van der Waals surface area contributed by atoms with E-state index in [9.17, 15) is 13.6 Å². The number of hydrogen-bond donors (Lipinski definition) is 3. The summed E-state index contributed by atoms with van der Waals surface area (Å²) in [5.74, 6) is -2.40. The monoisotopic (exact) mass is 404 g/mol. The Morgan fingerprint density at radius 2 is 1.62 bits per heavy atom. The van der Waals surface area contributed by atoms with Gasteiger partial charge < -0.3 is 20.0 Å². The molecule has 0 bridgehead atoms. The lowest BCUT2D eigenvalue weighted by Gasteiger charge is -2.33. The molecule has 2 aromatic carbocycles. The normalized spacial score (nSPS) is 20.2. The molecule has 156 valence electrons. The summed E-state index contributed by atoms with van der Waals surface area (Å²) in [7, 11) is 6.16. The van der Waals surface area contributed by atoms with Gasteiger partial charge in [-0.1, -0.05) is 18.2 Å². The van der Waals surface area contributed by atoms with Crippen molar-refractivity contribution in [3.63, 3.8) is 0 Å². The summed E-state index contributed by atoms with van der Waals surface area (Å²) in [6.07, 6.45) is 0. The number of likely N-dealkylation sites (N-methyl/N-ethyl adjacent to an activating group) is 1. The van der Waals surface area contributed by atoms with Gasteiger partial charge >= 0.3 is 0 Å². The van der Waals surface area contributed by atoms with Crippen molar-refractivity contribution in [2.45, 2.75) is 6.04 Å². The Hall–Kier alpha value is -2.51. The molecule has 1 aliphatic rings. The first-order valence-electron chi connectivity index (χ1n) is 10.0. The van der Waals surface area contributed by atoms with Gasteiger partial charge in [0.1, 0.15) is 49.4 Å². The number of carbonyl (C=O) groups excluding carboxylic acids is 1. The van der Waals surface area contributed by atoms with Crippen LogP contribution in [0.25, 0.3) is 0 Å². The molecule has 1 saturated heterocycles. The van der Waals surface area contributed by atoms with Gasteiger partial charge in [-0.05, 0) is 24.3 Å². The number of benzene rings is 2. The average Bonchev–Trinajstić information content (AvgIpc) is 2.69. The van der Waals surface area contributed by atoms with Crippen molar-refractivity contribution in [1.82, 2.24) is 5.32 Å². The SMILES string of the molecule is CN(C)c1ccc([C@@H](CNC(=O)c2c(F)cccc2F)[NH+]2CC[NH+](C)CC2)cc1. The molecular weight excluding hydrogens is 374 g/mol. The van der Waals surface area contributed by atoms with Crippen LogP contribution in [0.3, 0.4) is 0 Å². The number of amides is 1. The Morgan fingerprint density at radius 1 is 1.03 bits per heavy atom. The molecular formula is C22H30F2N4O+2. The number of quaternary nitrogens is 2. The van der Waals surface area contributed by atoms with Gasteiger partial charge in [-0.25, -0.2) is 8.78 Å². The maximum Gasteiger partial charge on any atom is 0.257 e. The Kier molecular flexibility index (Phi) is 6.82. The molecule has 2 aromatic rings. The number of halogens is 2. The molecule has 1 fully saturated rings. The first kappa shape index (κ1) is 21.2. The molecule has 1 atom stereocenters. The van der Waals surface area contributed by atoms with E-state index in [0.717, 1.165) is 49.6 Å². The lowest BCUT2D eigenvalue weighted by molar-refractivity contribution is -1.02. The van der Waals surface area contributed by atoms with E-state index in [-0.39, 0.29) is 6.04 Å². The zero-order valence-electron chi connectivity index (χ0n) is 17.3. The van der Waals surface area contributed by atoms with Gasteiger partial charge in [0, 0.05) is 25.3 Å². The largest absolute Gasteiger partial charge is 0.378 e. The molecule has 1 aliphatic heterocycles. The maximum absolute atomic E-state index is 14.0. The second-order valence-electron chi connectivity index (χ2n) is 7.96. The van der Waals surface area contributed by atoms with E-state index in [0.29, 0.717) is 6.54 Å². The van der Waals surface area contributed by atoms with E-state index in [1.807, 2.05) is 19.0 Å². The van der Waals surface area contributed by atoms with Crippen LogP contribution in [0.2, 0.25) is 0 Å². The van der Waals surface area contributed by atoms with Crippen molar-refractivity contribution in [2.75, 3.05) is 58.8 Å². The number of nitrogens with one attached hydrogen (secondary N) is 3. The minimum absolute atomic E-state index is 0.0260. The van der Waals surface area contributed by atoms with Crippen LogP contribution >= 0.6 is 0 Å². The number of carbonyl (C=O) groups is 1. The lowest BCUT2D eigenvalue weighted by atomic mass is 10.0. The van der Waals surface area contributed by atoms with Gasteiger partial charge in [-0.15, -0.1) is 0 Å². The Bertz CT molecular complexity index is 813. The summed E-state index contributed by atoms with van der Waals surface area (Å²) >= 11 is 0. The highest BCUT2D eigenvalue weighted by molar-refractivity contribution is 5.94. The molecule has 1 amide bonds. The average molecular weight is 405 g/mol. The molecule has 1 heterocycles. The molecule has 0 spiro atoms. The first-order valence-corrected chi connectivity index (χ1v) is 10.0. The van der Waals surface area contributed by atoms with E-state index in [1.165, 1.54) is 15.9 Å². The van der Waals surface area contributed by atoms with Crippen molar-refractivity contribution in [3.05, 3.63) is 65.2 Å². The van der Waals surface area contributed by atoms with E-state index in [1.54, 1.807) is 0 Å². The standard InChI is InChI=1S/C22H28F2N4O/c1-26(2)17-9-7-16(8-10-17)20(28-13-11-27(3)12-14-28)15-25-22(29)21-18(23)5-4-6-19(21)24/h4-10,20H,11-15H2,1-3H3,(H,25,29)/p+2/t20-/m1/s1. The summed E-state index contributed by atoms with van der Waals surface area (Å²) in [6, 6.07) is 11.8. The molecule has 0 saturated carbocycles. The van der Waals surface area contributed by atoms with Crippen LogP contribution in [-0.2, 0) is 0 Å². The predicted molar refractivity (Wildman–Crippen MR) is 110 cm³/mol. The second-order valence-corrected chi connectivity index (χ2v) is 7.96. The quantitative estimate of drug-likeness (QED) is 0.630. The van der Waals surface area contributed by atoms with Crippen LogP contribution in [0, 0.1) is 11.6 Å². The smallest absolute Gasteiger partial charge is 0.257 e. The second kappa shape index (κ2) is 9.33. The highest BCUT2D eigenvalue weighted by atomic mass is 19.1. The van der Waals surface area contributed by atoms with Gasteiger partial charge in [-0.3, -0.25) is 4.79 Å². The molecule has 0 radical (unpaired) electrons. The molecule has 29 heavy (non-hydrogen) atoms. The number of rotatable bonds is 6. The zero-order valence-corrected chi connectivity index (χ0v) is 17.3. The molecule has 7 heteroatoms. The summed E-state index contributed by atoms with van der Waals surface area (Å²) in [5.41, 5.74) is 1.69. The van der Waals surface area contributed by atoms with E-state index < -0.39 is 23.1 Å². The lowest BCUT2D eigenvalue weighted by Crippen LogP contribution is -3.27. The summed E-state index contributed by atoms with van der Waals surface area (Å²) < 4.78 is 27.9. The first-order chi connectivity index (χ1) is 13.9. The van der Waals surface area contributed by atoms with Crippen molar-refractivity contribution in [3.8, 4) is 0 Å². The minimum Gasteiger partial charge on any atom is -0.378 e. The molecule has 0 aromatic heterocycles. The zero-order chi connectivity index (χ0) is 21.0. The van der Waals surface area contributed by atoms with Crippen molar-refractivity contribution < 1.29 is 23.4 Å². The van der Waals surface area contributed by atoms with E-state index >= 15 is 0 Å². The third kappa shape index (κ3) is 5.10. The van der Waals surface area contributed by atoms with Gasteiger partial charge in [0.05, 0.1) is 13.6 Å². The van der Waals surface area contributed by atoms with Gasteiger partial charge in [0.15, 0.2) is 0 Å². The fourth-order valence-electron chi connectivity index (χ4n) is 3.85. The molecule has 5 nitrogen and oxygen atoms in total. The highest BCUT2D eigenvalue weighted by Gasteiger charge is 2.30. The van der Waals surface area contributed by atoms with Crippen LogP contribution < -0.4 is 20.0 Å². The number of piperazine rings is 1. The Morgan fingerprint density at radius 3 is 2.17 bits per heavy atom. The van der Waals surface area contributed by atoms with Gasteiger partial charge in [-0.2, -0.15) is 0 Å². The van der Waals surface area contributed by atoms with Gasteiger partial charge in [0.25, 0.3) is 5.91 Å². The van der Waals surface area contributed by atoms with Crippen molar-refractivity contribution in [1.29, 1.82) is 0 Å². The number of nitrogens with zero attached hydrogens (tertiary/aromatic N) is 1. The molecule has 0 aliphatic carbocycles. The fraction of sp³-hybridized carbons (Fsp3) is 0.409. The van der Waals surface area contributed by atoms with Gasteiger partial charge in [0.2, 0.25) is 0 Å². The number of anilines is 1. The third-order valence-electron chi connectivity index (χ3n) is 5.71. The van der Waals surface area contributed by atoms with Crippen LogP contribution in [0.5, 0.6) is 0 Å². The number of hydrogen-bond acceptors (Lipinski definition) is 2. The summed E-state index contributed by atoms with van der Waals surface area (Å²) in [5, 5.41) is 2.77. The van der Waals surface area contributed by atoms with E-state index in [4.69, 9.17) is 0 Å². The van der Waals surface area contributed by atoms with Crippen LogP contribution in [-0.4, -0.2) is 59.8 Å². The van der Waals surface area contributed by atoms with Crippen LogP contribution in [0.15, 0.2) is 42.5 Å². The fourth-order valence-corrected chi connectivity index (χ4v) is 3.85. The molecule has 3 rings (SSSR count). The topological polar surface area (TPSA) is 41.2 Å². The highest BCUT2D eigenvalue weighted by Crippen LogP contribution is 2.17. The Labute approximate surface area is 170 Å². The van der Waals surface area contributed by atoms with Crippen LogP contribution in [0.1, 0.15) is 22.0 Å². The van der Waals surface area contributed by atoms with Crippen LogP contribution in [0.4, 0.5) is 14.5 Å². The van der Waals surface area contributed by atoms with Crippen molar-refractivity contribution in [2.24, 2.45) is 0 Å². The summed E-state index contributed by atoms with van der Waals surface area (Å²) in [6.45, 7) is 4.39.